The molecule has 9 nitrogen and oxygen atoms in total. The molecular formula is C24H36N6O3. The normalized spacial score (nSPS) is 18.8. The van der Waals surface area contributed by atoms with E-state index >= 15 is 0 Å². The molecule has 2 aromatic heterocycles. The average molecular weight is 457 g/mol. The maximum Gasteiger partial charge on any atom is 0.407 e. The summed E-state index contributed by atoms with van der Waals surface area (Å²) in [5, 5.41) is 9.98. The minimum absolute atomic E-state index is 0.0969. The van der Waals surface area contributed by atoms with Gasteiger partial charge in [-0.05, 0) is 66.4 Å². The summed E-state index contributed by atoms with van der Waals surface area (Å²) >= 11 is 0. The molecule has 0 aromatic carbocycles. The third-order valence-electron chi connectivity index (χ3n) is 5.41. The van der Waals surface area contributed by atoms with Gasteiger partial charge in [-0.2, -0.15) is 0 Å². The number of pyridine rings is 1. The Balaban J connectivity index is 1.70. The van der Waals surface area contributed by atoms with E-state index in [2.05, 4.69) is 37.8 Å². The Morgan fingerprint density at radius 2 is 1.97 bits per heavy atom. The lowest BCUT2D eigenvalue weighted by Gasteiger charge is -2.29. The lowest BCUT2D eigenvalue weighted by Crippen LogP contribution is -2.43. The number of rotatable bonds is 6. The first kappa shape index (κ1) is 24.7. The number of nitrogens with one attached hydrogen (secondary N) is 3. The number of ether oxygens (including phenoxy) is 1. The Kier molecular flexibility index (Phi) is 7.71. The lowest BCUT2D eigenvalue weighted by atomic mass is 9.85. The van der Waals surface area contributed by atoms with Crippen molar-refractivity contribution in [1.29, 1.82) is 0 Å². The second-order valence-electron chi connectivity index (χ2n) is 9.94. The van der Waals surface area contributed by atoms with Crippen LogP contribution in [0.25, 0.3) is 10.9 Å². The van der Waals surface area contributed by atoms with E-state index in [-0.39, 0.29) is 29.9 Å². The molecule has 2 aromatic rings. The van der Waals surface area contributed by atoms with Crippen molar-refractivity contribution in [3.8, 4) is 0 Å². The van der Waals surface area contributed by atoms with E-state index in [0.29, 0.717) is 17.8 Å². The topological polar surface area (TPSA) is 118 Å². The third-order valence-corrected chi connectivity index (χ3v) is 5.41. The smallest absolute Gasteiger partial charge is 0.407 e. The molecule has 9 heteroatoms. The van der Waals surface area contributed by atoms with Crippen LogP contribution < -0.4 is 16.0 Å². The molecule has 1 fully saturated rings. The Morgan fingerprint density at radius 1 is 1.21 bits per heavy atom. The molecule has 0 bridgehead atoms. The van der Waals surface area contributed by atoms with Crippen molar-refractivity contribution in [2.75, 3.05) is 10.6 Å². The van der Waals surface area contributed by atoms with Crippen molar-refractivity contribution in [2.45, 2.75) is 91.3 Å². The van der Waals surface area contributed by atoms with Crippen molar-refractivity contribution in [3.63, 3.8) is 0 Å². The Morgan fingerprint density at radius 3 is 2.64 bits per heavy atom. The molecule has 0 saturated heterocycles. The first-order valence-electron chi connectivity index (χ1n) is 11.8. The molecule has 2 amide bonds. The van der Waals surface area contributed by atoms with Crippen LogP contribution in [0, 0.1) is 5.92 Å². The fourth-order valence-electron chi connectivity index (χ4n) is 3.96. The van der Waals surface area contributed by atoms with E-state index in [9.17, 15) is 9.59 Å². The molecule has 3 N–H and O–H groups in total. The molecule has 0 radical (unpaired) electrons. The van der Waals surface area contributed by atoms with Crippen molar-refractivity contribution in [1.82, 2.24) is 20.3 Å². The van der Waals surface area contributed by atoms with Crippen LogP contribution in [0.2, 0.25) is 0 Å². The predicted octanol–water partition coefficient (Wildman–Crippen LogP) is 4.43. The molecular weight excluding hydrogens is 420 g/mol. The largest absolute Gasteiger partial charge is 0.444 e. The van der Waals surface area contributed by atoms with E-state index in [1.807, 2.05) is 40.7 Å². The number of carbonyl (C=O) groups is 2. The van der Waals surface area contributed by atoms with Gasteiger partial charge in [-0.25, -0.2) is 19.7 Å². The van der Waals surface area contributed by atoms with Crippen LogP contribution in [0.5, 0.6) is 0 Å². The van der Waals surface area contributed by atoms with Gasteiger partial charge >= 0.3 is 6.09 Å². The molecule has 2 atom stereocenters. The number of nitrogens with zero attached hydrogens (tertiary/aromatic N) is 3. The fraction of sp³-hybridized carbons (Fsp3) is 0.625. The zero-order chi connectivity index (χ0) is 24.2. The zero-order valence-electron chi connectivity index (χ0n) is 20.5. The maximum absolute atomic E-state index is 13.0. The van der Waals surface area contributed by atoms with E-state index < -0.39 is 11.7 Å². The van der Waals surface area contributed by atoms with Crippen molar-refractivity contribution in [3.05, 3.63) is 18.0 Å². The van der Waals surface area contributed by atoms with Gasteiger partial charge in [0.1, 0.15) is 11.1 Å². The first-order valence-corrected chi connectivity index (χ1v) is 11.8. The van der Waals surface area contributed by atoms with Gasteiger partial charge in [-0.1, -0.05) is 13.3 Å². The molecule has 1 saturated carbocycles. The summed E-state index contributed by atoms with van der Waals surface area (Å²) in [6, 6.07) is 2.07. The molecule has 3 rings (SSSR count). The van der Waals surface area contributed by atoms with Crippen molar-refractivity contribution in [2.24, 2.45) is 5.92 Å². The van der Waals surface area contributed by atoms with Crippen LogP contribution in [0.1, 0.15) is 72.9 Å². The van der Waals surface area contributed by atoms with Crippen LogP contribution in [0.4, 0.5) is 16.6 Å². The first-order chi connectivity index (χ1) is 15.5. The van der Waals surface area contributed by atoms with Crippen molar-refractivity contribution < 1.29 is 14.3 Å². The zero-order valence-corrected chi connectivity index (χ0v) is 20.5. The summed E-state index contributed by atoms with van der Waals surface area (Å²) < 4.78 is 5.35. The summed E-state index contributed by atoms with van der Waals surface area (Å²) in [5.74, 6) is 0.581. The van der Waals surface area contributed by atoms with E-state index in [1.165, 1.54) is 0 Å². The van der Waals surface area contributed by atoms with Gasteiger partial charge in [0.15, 0.2) is 5.82 Å². The van der Waals surface area contributed by atoms with Gasteiger partial charge < -0.3 is 15.4 Å². The number of anilines is 2. The number of aromatic nitrogens is 3. The van der Waals surface area contributed by atoms with Gasteiger partial charge in [0.25, 0.3) is 0 Å². The number of alkyl carbamates (subject to hydrolysis) is 1. The summed E-state index contributed by atoms with van der Waals surface area (Å²) in [4.78, 5) is 38.7. The SMILES string of the molecule is CCc1cc2cnc(NC(=O)[C@H]3CCC[C@@H](NC(=O)OC(C)(C)C)C3)nc2c(NC(C)C)n1. The highest BCUT2D eigenvalue weighted by Gasteiger charge is 2.30. The molecule has 0 spiro atoms. The minimum Gasteiger partial charge on any atom is -0.444 e. The number of aryl methyl sites for hydroxylation is 1. The van der Waals surface area contributed by atoms with Crippen LogP contribution >= 0.6 is 0 Å². The Bertz CT molecular complexity index is 1000. The second-order valence-corrected chi connectivity index (χ2v) is 9.94. The second kappa shape index (κ2) is 10.3. The molecule has 0 unspecified atom stereocenters. The van der Waals surface area contributed by atoms with Crippen LogP contribution in [0.3, 0.4) is 0 Å². The van der Waals surface area contributed by atoms with Gasteiger partial charge in [-0.3, -0.25) is 10.1 Å². The Hall–Kier alpha value is -2.97. The van der Waals surface area contributed by atoms with Crippen molar-refractivity contribution >= 4 is 34.7 Å². The highest BCUT2D eigenvalue weighted by Crippen LogP contribution is 2.27. The fourth-order valence-corrected chi connectivity index (χ4v) is 3.96. The highest BCUT2D eigenvalue weighted by atomic mass is 16.6. The third kappa shape index (κ3) is 7.00. The van der Waals surface area contributed by atoms with E-state index in [0.717, 1.165) is 36.8 Å². The monoisotopic (exact) mass is 456 g/mol. The molecule has 1 aliphatic carbocycles. The predicted molar refractivity (Wildman–Crippen MR) is 129 cm³/mol. The average Bonchev–Trinajstić information content (AvgIpc) is 2.72. The van der Waals surface area contributed by atoms with Gasteiger partial charge in [-0.15, -0.1) is 0 Å². The highest BCUT2D eigenvalue weighted by molar-refractivity contribution is 5.93. The van der Waals surface area contributed by atoms with Crippen LogP contribution in [-0.2, 0) is 16.0 Å². The number of amides is 2. The summed E-state index contributed by atoms with van der Waals surface area (Å²) in [6.45, 7) is 11.6. The summed E-state index contributed by atoms with van der Waals surface area (Å²) in [7, 11) is 0. The lowest BCUT2D eigenvalue weighted by molar-refractivity contribution is -0.121. The van der Waals surface area contributed by atoms with Gasteiger partial charge in [0.05, 0.1) is 0 Å². The minimum atomic E-state index is -0.557. The standard InChI is InChI=1S/C24H36N6O3/c1-7-17-12-16-13-25-22(29-19(16)20(27-17)26-14(2)3)30-21(31)15-9-8-10-18(11-15)28-23(32)33-24(4,5)6/h12-15,18H,7-11H2,1-6H3,(H,26,27)(H,28,32)(H,25,29,30,31)/t15-,18+/m0/s1. The van der Waals surface area contributed by atoms with E-state index in [4.69, 9.17) is 4.74 Å². The Labute approximate surface area is 195 Å². The number of carbonyl (C=O) groups excluding carboxylic acids is 2. The number of hydrogen-bond donors (Lipinski definition) is 3. The summed E-state index contributed by atoms with van der Waals surface area (Å²) in [6.07, 6.45) is 5.07. The molecule has 180 valence electrons. The summed E-state index contributed by atoms with van der Waals surface area (Å²) in [5.41, 5.74) is 1.08. The molecule has 0 aliphatic heterocycles. The molecule has 33 heavy (non-hydrogen) atoms. The van der Waals surface area contributed by atoms with Gasteiger partial charge in [0, 0.05) is 35.3 Å². The van der Waals surface area contributed by atoms with Crippen LogP contribution in [-0.4, -0.2) is 44.6 Å². The quantitative estimate of drug-likeness (QED) is 0.588. The maximum atomic E-state index is 13.0. The van der Waals surface area contributed by atoms with Crippen LogP contribution in [0.15, 0.2) is 12.3 Å². The number of fused-ring (bicyclic) bond motifs is 1. The molecule has 2 heterocycles. The number of hydrogen-bond acceptors (Lipinski definition) is 7. The van der Waals surface area contributed by atoms with Gasteiger partial charge in [0.2, 0.25) is 11.9 Å². The van der Waals surface area contributed by atoms with E-state index in [1.54, 1.807) is 6.20 Å². The molecule has 1 aliphatic rings.